The molecule has 0 bridgehead atoms. The molecule has 1 aromatic heterocycles. The van der Waals surface area contributed by atoms with E-state index < -0.39 is 0 Å². The zero-order chi connectivity index (χ0) is 17.1. The van der Waals surface area contributed by atoms with Crippen molar-refractivity contribution in [1.82, 2.24) is 5.32 Å². The topological polar surface area (TPSA) is 29.1 Å². The molecule has 0 fully saturated rings. The van der Waals surface area contributed by atoms with Gasteiger partial charge in [-0.1, -0.05) is 24.3 Å². The number of rotatable bonds is 4. The second-order valence-corrected chi connectivity index (χ2v) is 7.10. The quantitative estimate of drug-likeness (QED) is 0.642. The van der Waals surface area contributed by atoms with Gasteiger partial charge in [0.25, 0.3) is 5.91 Å². The Bertz CT molecular complexity index is 854. The Balaban J connectivity index is 2.13. The molecule has 0 aliphatic heterocycles. The summed E-state index contributed by atoms with van der Waals surface area (Å²) in [5.41, 5.74) is 2.88. The molecule has 2 aromatic carbocycles. The number of carbonyl (C=O) groups excluding carboxylic acids is 1. The summed E-state index contributed by atoms with van der Waals surface area (Å²) in [6.45, 7) is 0. The third kappa shape index (κ3) is 3.37. The Morgan fingerprint density at radius 3 is 2.25 bits per heavy atom. The number of amides is 1. The number of hydrogen-bond acceptors (Lipinski definition) is 3. The van der Waals surface area contributed by atoms with E-state index in [9.17, 15) is 9.18 Å². The van der Waals surface area contributed by atoms with Crippen LogP contribution in [0.4, 0.5) is 4.39 Å². The van der Waals surface area contributed by atoms with Gasteiger partial charge in [-0.3, -0.25) is 4.79 Å². The van der Waals surface area contributed by atoms with Gasteiger partial charge in [0.15, 0.2) is 0 Å². The van der Waals surface area contributed by atoms with Gasteiger partial charge in [0.2, 0.25) is 0 Å². The van der Waals surface area contributed by atoms with Crippen molar-refractivity contribution in [2.24, 2.45) is 0 Å². The Labute approximate surface area is 148 Å². The first-order chi connectivity index (χ1) is 11.6. The highest BCUT2D eigenvalue weighted by Gasteiger charge is 2.16. The molecule has 0 unspecified atom stereocenters. The van der Waals surface area contributed by atoms with Crippen molar-refractivity contribution in [1.29, 1.82) is 0 Å². The summed E-state index contributed by atoms with van der Waals surface area (Å²) in [5, 5.41) is 2.66. The highest BCUT2D eigenvalue weighted by molar-refractivity contribution is 7.98. The Morgan fingerprint density at radius 1 is 1.04 bits per heavy atom. The molecule has 0 aliphatic carbocycles. The molecule has 0 saturated carbocycles. The van der Waals surface area contributed by atoms with Gasteiger partial charge >= 0.3 is 0 Å². The normalized spacial score (nSPS) is 10.6. The molecule has 122 valence electrons. The first kappa shape index (κ1) is 16.7. The number of carbonyl (C=O) groups is 1. The summed E-state index contributed by atoms with van der Waals surface area (Å²) >= 11 is 3.13. The van der Waals surface area contributed by atoms with Crippen molar-refractivity contribution in [3.63, 3.8) is 0 Å². The van der Waals surface area contributed by atoms with E-state index in [2.05, 4.69) is 29.6 Å². The summed E-state index contributed by atoms with van der Waals surface area (Å²) < 4.78 is 13.2. The van der Waals surface area contributed by atoms with Crippen LogP contribution in [0.15, 0.2) is 59.5 Å². The monoisotopic (exact) mass is 357 g/mol. The van der Waals surface area contributed by atoms with Crippen molar-refractivity contribution in [3.8, 4) is 21.6 Å². The van der Waals surface area contributed by atoms with Crippen molar-refractivity contribution in [2.45, 2.75) is 4.90 Å². The van der Waals surface area contributed by atoms with Gasteiger partial charge < -0.3 is 5.32 Å². The Morgan fingerprint density at radius 2 is 1.67 bits per heavy atom. The molecule has 2 nitrogen and oxygen atoms in total. The predicted molar refractivity (Wildman–Crippen MR) is 100 cm³/mol. The highest BCUT2D eigenvalue weighted by Crippen LogP contribution is 2.39. The van der Waals surface area contributed by atoms with Crippen molar-refractivity contribution in [3.05, 3.63) is 65.3 Å². The lowest BCUT2D eigenvalue weighted by Crippen LogP contribution is -2.16. The predicted octanol–water partition coefficient (Wildman–Crippen LogP) is 5.30. The number of halogens is 1. The van der Waals surface area contributed by atoms with Gasteiger partial charge in [-0.05, 0) is 47.7 Å². The molecule has 1 amide bonds. The van der Waals surface area contributed by atoms with Crippen LogP contribution < -0.4 is 5.32 Å². The van der Waals surface area contributed by atoms with Crippen LogP contribution in [0, 0.1) is 5.82 Å². The van der Waals surface area contributed by atoms with Gasteiger partial charge in [-0.25, -0.2) is 4.39 Å². The maximum Gasteiger partial charge on any atom is 0.261 e. The minimum Gasteiger partial charge on any atom is -0.354 e. The van der Waals surface area contributed by atoms with Crippen molar-refractivity contribution >= 4 is 29.0 Å². The average Bonchev–Trinajstić information content (AvgIpc) is 3.07. The van der Waals surface area contributed by atoms with Crippen LogP contribution in [0.3, 0.4) is 0 Å². The van der Waals surface area contributed by atoms with E-state index in [4.69, 9.17) is 0 Å². The van der Waals surface area contributed by atoms with Gasteiger partial charge in [-0.2, -0.15) is 0 Å². The lowest BCUT2D eigenvalue weighted by atomic mass is 10.0. The summed E-state index contributed by atoms with van der Waals surface area (Å²) in [4.78, 5) is 14.9. The van der Waals surface area contributed by atoms with Crippen LogP contribution in [-0.2, 0) is 0 Å². The van der Waals surface area contributed by atoms with E-state index >= 15 is 0 Å². The van der Waals surface area contributed by atoms with Crippen LogP contribution in [0.1, 0.15) is 9.67 Å². The molecule has 5 heteroatoms. The third-order valence-corrected chi connectivity index (χ3v) is 5.62. The molecule has 0 aliphatic rings. The van der Waals surface area contributed by atoms with E-state index in [0.29, 0.717) is 4.88 Å². The first-order valence-corrected chi connectivity index (χ1v) is 9.43. The molecule has 3 rings (SSSR count). The van der Waals surface area contributed by atoms with Crippen LogP contribution in [0.2, 0.25) is 0 Å². The van der Waals surface area contributed by atoms with Crippen molar-refractivity contribution < 1.29 is 9.18 Å². The fraction of sp³-hybridized carbons (Fsp3) is 0.105. The molecule has 24 heavy (non-hydrogen) atoms. The van der Waals surface area contributed by atoms with Gasteiger partial charge in [0, 0.05) is 22.4 Å². The molecule has 0 atom stereocenters. The van der Waals surface area contributed by atoms with E-state index in [1.165, 1.54) is 28.4 Å². The molecule has 1 N–H and O–H groups in total. The number of thioether (sulfide) groups is 1. The molecule has 0 spiro atoms. The van der Waals surface area contributed by atoms with Gasteiger partial charge in [0.05, 0.1) is 4.88 Å². The highest BCUT2D eigenvalue weighted by atomic mass is 32.2. The smallest absolute Gasteiger partial charge is 0.261 e. The fourth-order valence-corrected chi connectivity index (χ4v) is 3.97. The number of thiophene rings is 1. The van der Waals surface area contributed by atoms with E-state index in [1.807, 2.05) is 12.3 Å². The minimum absolute atomic E-state index is 0.115. The lowest BCUT2D eigenvalue weighted by molar-refractivity contribution is 0.0967. The SMILES string of the molecule is CNC(=O)c1cc(-c2ccc(F)cc2)c(-c2ccc(SC)cc2)s1. The van der Waals surface area contributed by atoms with E-state index in [1.54, 1.807) is 30.9 Å². The number of benzene rings is 2. The zero-order valence-electron chi connectivity index (χ0n) is 13.3. The molecular formula is C19H16FNOS2. The standard InChI is InChI=1S/C19H16FNOS2/c1-21-19(22)17-11-16(12-3-7-14(20)8-4-12)18(24-17)13-5-9-15(23-2)10-6-13/h3-11H,1-2H3,(H,21,22). The molecular weight excluding hydrogens is 341 g/mol. The van der Waals surface area contributed by atoms with Gasteiger partial charge in [0.1, 0.15) is 5.82 Å². The Hall–Kier alpha value is -2.11. The summed E-state index contributed by atoms with van der Waals surface area (Å²) in [6, 6.07) is 16.5. The molecule has 3 aromatic rings. The largest absolute Gasteiger partial charge is 0.354 e. The van der Waals surface area contributed by atoms with Crippen molar-refractivity contribution in [2.75, 3.05) is 13.3 Å². The number of hydrogen-bond donors (Lipinski definition) is 1. The van der Waals surface area contributed by atoms with E-state index in [0.717, 1.165) is 21.6 Å². The summed E-state index contributed by atoms with van der Waals surface area (Å²) in [6.07, 6.45) is 2.04. The zero-order valence-corrected chi connectivity index (χ0v) is 14.9. The average molecular weight is 357 g/mol. The minimum atomic E-state index is -0.272. The second-order valence-electron chi connectivity index (χ2n) is 5.17. The molecule has 0 saturated heterocycles. The summed E-state index contributed by atoms with van der Waals surface area (Å²) in [5.74, 6) is -0.387. The third-order valence-electron chi connectivity index (χ3n) is 3.69. The number of nitrogens with one attached hydrogen (secondary N) is 1. The lowest BCUT2D eigenvalue weighted by Gasteiger charge is -2.05. The van der Waals surface area contributed by atoms with Crippen LogP contribution in [-0.4, -0.2) is 19.2 Å². The second kappa shape index (κ2) is 7.20. The molecule has 0 radical (unpaired) electrons. The maximum atomic E-state index is 13.2. The Kier molecular flexibility index (Phi) is 5.02. The molecule has 1 heterocycles. The van der Waals surface area contributed by atoms with E-state index in [-0.39, 0.29) is 11.7 Å². The van der Waals surface area contributed by atoms with Crippen LogP contribution in [0.5, 0.6) is 0 Å². The fourth-order valence-electron chi connectivity index (χ4n) is 2.43. The first-order valence-electron chi connectivity index (χ1n) is 7.38. The van der Waals surface area contributed by atoms with Crippen LogP contribution >= 0.6 is 23.1 Å². The van der Waals surface area contributed by atoms with Crippen LogP contribution in [0.25, 0.3) is 21.6 Å². The summed E-state index contributed by atoms with van der Waals surface area (Å²) in [7, 11) is 1.62. The maximum absolute atomic E-state index is 13.2. The van der Waals surface area contributed by atoms with Gasteiger partial charge in [-0.15, -0.1) is 23.1 Å².